The lowest BCUT2D eigenvalue weighted by Crippen LogP contribution is -2.52. The van der Waals surface area contributed by atoms with E-state index >= 15 is 0 Å². The summed E-state index contributed by atoms with van der Waals surface area (Å²) in [5.41, 5.74) is 3.51. The van der Waals surface area contributed by atoms with Crippen LogP contribution in [0.5, 0.6) is 5.75 Å². The Morgan fingerprint density at radius 3 is 2.42 bits per heavy atom. The number of carbonyl (C=O) groups excluding carboxylic acids is 3. The van der Waals surface area contributed by atoms with Crippen molar-refractivity contribution in [2.75, 3.05) is 13.1 Å². The van der Waals surface area contributed by atoms with Gasteiger partial charge >= 0.3 is 6.09 Å². The molecule has 2 saturated heterocycles. The van der Waals surface area contributed by atoms with Crippen LogP contribution in [0.15, 0.2) is 42.5 Å². The van der Waals surface area contributed by atoms with Gasteiger partial charge in [-0.3, -0.25) is 19.7 Å². The van der Waals surface area contributed by atoms with Crippen LogP contribution in [0.3, 0.4) is 0 Å². The van der Waals surface area contributed by atoms with E-state index in [4.69, 9.17) is 9.84 Å². The molecule has 1 unspecified atom stereocenters. The Kier molecular flexibility index (Phi) is 6.63. The van der Waals surface area contributed by atoms with Crippen LogP contribution in [0.2, 0.25) is 0 Å². The van der Waals surface area contributed by atoms with E-state index in [9.17, 15) is 19.2 Å². The van der Waals surface area contributed by atoms with Crippen LogP contribution in [-0.2, 0) is 29.2 Å². The smallest absolute Gasteiger partial charge is 0.407 e. The zero-order chi connectivity index (χ0) is 25.2. The van der Waals surface area contributed by atoms with Gasteiger partial charge in [-0.05, 0) is 54.9 Å². The van der Waals surface area contributed by atoms with E-state index in [2.05, 4.69) is 17.4 Å². The van der Waals surface area contributed by atoms with Crippen molar-refractivity contribution in [3.8, 4) is 5.75 Å². The number of ether oxygens (including phenoxy) is 1. The standard InChI is InChI=1S/C27H29N3O6/c31-24-9-8-22(25(32)28-24)30-15-21-20(26(30)33)2-1-3-23(21)36-16-19-6-4-17(5-7-19)14-18-10-12-29(13-11-18)27(34)35/h1-7,18,22H,8-16H2,(H,34,35)(H,28,31,32). The second-order valence-corrected chi connectivity index (χ2v) is 9.70. The molecule has 5 rings (SSSR count). The highest BCUT2D eigenvalue weighted by Gasteiger charge is 2.40. The summed E-state index contributed by atoms with van der Waals surface area (Å²) < 4.78 is 6.09. The molecule has 0 aliphatic carbocycles. The third-order valence-corrected chi connectivity index (χ3v) is 7.37. The van der Waals surface area contributed by atoms with E-state index in [1.165, 1.54) is 15.4 Å². The van der Waals surface area contributed by atoms with Crippen LogP contribution in [-0.4, -0.2) is 57.9 Å². The summed E-state index contributed by atoms with van der Waals surface area (Å²) in [6.07, 6.45) is 2.40. The molecule has 4 amide bonds. The fourth-order valence-electron chi connectivity index (χ4n) is 5.29. The fourth-order valence-corrected chi connectivity index (χ4v) is 5.29. The summed E-state index contributed by atoms with van der Waals surface area (Å²) in [7, 11) is 0. The largest absolute Gasteiger partial charge is 0.489 e. The van der Waals surface area contributed by atoms with E-state index in [-0.39, 0.29) is 24.8 Å². The average Bonchev–Trinajstić information content (AvgIpc) is 3.21. The third kappa shape index (κ3) is 4.91. The molecule has 3 aliphatic rings. The predicted octanol–water partition coefficient (Wildman–Crippen LogP) is 2.96. The third-order valence-electron chi connectivity index (χ3n) is 7.37. The number of rotatable bonds is 6. The Hall–Kier alpha value is -3.88. The summed E-state index contributed by atoms with van der Waals surface area (Å²) in [5, 5.41) is 11.4. The number of carbonyl (C=O) groups is 4. The van der Waals surface area contributed by atoms with Gasteiger partial charge < -0.3 is 19.6 Å². The monoisotopic (exact) mass is 491 g/mol. The van der Waals surface area contributed by atoms with Crippen molar-refractivity contribution in [3.05, 3.63) is 64.7 Å². The minimum Gasteiger partial charge on any atom is -0.489 e. The molecule has 2 fully saturated rings. The highest BCUT2D eigenvalue weighted by Crippen LogP contribution is 2.34. The molecule has 9 nitrogen and oxygen atoms in total. The molecule has 36 heavy (non-hydrogen) atoms. The van der Waals surface area contributed by atoms with Crippen molar-refractivity contribution in [2.45, 2.75) is 51.3 Å². The van der Waals surface area contributed by atoms with Crippen LogP contribution >= 0.6 is 0 Å². The Labute approximate surface area is 209 Å². The molecule has 0 bridgehead atoms. The van der Waals surface area contributed by atoms with Crippen molar-refractivity contribution in [3.63, 3.8) is 0 Å². The molecule has 188 valence electrons. The molecule has 2 N–H and O–H groups in total. The van der Waals surface area contributed by atoms with Gasteiger partial charge in [-0.15, -0.1) is 0 Å². The van der Waals surface area contributed by atoms with Crippen molar-refractivity contribution in [1.82, 2.24) is 15.1 Å². The highest BCUT2D eigenvalue weighted by molar-refractivity contribution is 6.05. The summed E-state index contributed by atoms with van der Waals surface area (Å²) >= 11 is 0. The lowest BCUT2D eigenvalue weighted by atomic mass is 9.90. The van der Waals surface area contributed by atoms with Gasteiger partial charge in [0.1, 0.15) is 18.4 Å². The molecule has 3 aliphatic heterocycles. The van der Waals surface area contributed by atoms with E-state index in [1.807, 2.05) is 18.2 Å². The fraction of sp³-hybridized carbons (Fsp3) is 0.407. The minimum absolute atomic E-state index is 0.219. The maximum atomic E-state index is 13.0. The Morgan fingerprint density at radius 2 is 1.72 bits per heavy atom. The normalized spacial score (nSPS) is 20.3. The van der Waals surface area contributed by atoms with Crippen LogP contribution in [0.4, 0.5) is 4.79 Å². The SMILES string of the molecule is O=C1CCC(N2Cc3c(OCc4ccc(CC5CCN(C(=O)O)CC5)cc4)cccc3C2=O)C(=O)N1. The quantitative estimate of drug-likeness (QED) is 0.601. The number of amides is 4. The van der Waals surface area contributed by atoms with Crippen molar-refractivity contribution < 1.29 is 29.0 Å². The summed E-state index contributed by atoms with van der Waals surface area (Å²) in [5.74, 6) is 0.147. The van der Waals surface area contributed by atoms with Crippen molar-refractivity contribution >= 4 is 23.8 Å². The van der Waals surface area contributed by atoms with Gasteiger partial charge in [-0.1, -0.05) is 30.3 Å². The predicted molar refractivity (Wildman–Crippen MR) is 129 cm³/mol. The van der Waals surface area contributed by atoms with Gasteiger partial charge in [0.05, 0.1) is 6.54 Å². The van der Waals surface area contributed by atoms with E-state index in [0.29, 0.717) is 43.3 Å². The summed E-state index contributed by atoms with van der Waals surface area (Å²) in [4.78, 5) is 50.8. The van der Waals surface area contributed by atoms with Crippen molar-refractivity contribution in [2.24, 2.45) is 5.92 Å². The number of imide groups is 1. The molecule has 2 aromatic carbocycles. The molecule has 0 aromatic heterocycles. The molecule has 3 heterocycles. The van der Waals surface area contributed by atoms with Gasteiger partial charge in [-0.25, -0.2) is 4.79 Å². The lowest BCUT2D eigenvalue weighted by molar-refractivity contribution is -0.136. The summed E-state index contributed by atoms with van der Waals surface area (Å²) in [6.45, 7) is 1.81. The van der Waals surface area contributed by atoms with E-state index in [0.717, 1.165) is 30.4 Å². The van der Waals surface area contributed by atoms with Crippen LogP contribution in [0.1, 0.15) is 52.7 Å². The van der Waals surface area contributed by atoms with Crippen molar-refractivity contribution in [1.29, 1.82) is 0 Å². The second-order valence-electron chi connectivity index (χ2n) is 9.70. The molecular formula is C27H29N3O6. The number of hydrogen-bond donors (Lipinski definition) is 2. The molecular weight excluding hydrogens is 462 g/mol. The number of likely N-dealkylation sites (tertiary alicyclic amines) is 1. The first-order valence-corrected chi connectivity index (χ1v) is 12.3. The first-order chi connectivity index (χ1) is 17.4. The number of nitrogens with zero attached hydrogens (tertiary/aromatic N) is 2. The number of nitrogens with one attached hydrogen (secondary N) is 1. The number of piperidine rings is 2. The molecule has 9 heteroatoms. The Balaban J connectivity index is 1.18. The second kappa shape index (κ2) is 10.0. The maximum absolute atomic E-state index is 13.0. The van der Waals surface area contributed by atoms with Gasteiger partial charge in [0.25, 0.3) is 5.91 Å². The molecule has 0 radical (unpaired) electrons. The van der Waals surface area contributed by atoms with Gasteiger partial charge in [-0.2, -0.15) is 0 Å². The topological polar surface area (TPSA) is 116 Å². The zero-order valence-corrected chi connectivity index (χ0v) is 19.9. The number of fused-ring (bicyclic) bond motifs is 1. The van der Waals surface area contributed by atoms with Gasteiger partial charge in [0.2, 0.25) is 11.8 Å². The highest BCUT2D eigenvalue weighted by atomic mass is 16.5. The van der Waals surface area contributed by atoms with Gasteiger partial charge in [0.15, 0.2) is 0 Å². The summed E-state index contributed by atoms with van der Waals surface area (Å²) in [6, 6.07) is 12.9. The van der Waals surface area contributed by atoms with E-state index in [1.54, 1.807) is 12.1 Å². The first kappa shape index (κ1) is 23.8. The first-order valence-electron chi connectivity index (χ1n) is 12.3. The van der Waals surface area contributed by atoms with Crippen LogP contribution in [0.25, 0.3) is 0 Å². The number of carboxylic acid groups (broad SMARTS) is 1. The molecule has 0 saturated carbocycles. The minimum atomic E-state index is -0.838. The lowest BCUT2D eigenvalue weighted by Gasteiger charge is -2.30. The molecule has 0 spiro atoms. The van der Waals surface area contributed by atoms with Gasteiger partial charge in [0, 0.05) is 30.6 Å². The van der Waals surface area contributed by atoms with Crippen LogP contribution in [0, 0.1) is 5.92 Å². The number of benzene rings is 2. The Bertz CT molecular complexity index is 1190. The zero-order valence-electron chi connectivity index (χ0n) is 19.9. The Morgan fingerprint density at radius 1 is 1.00 bits per heavy atom. The molecule has 2 aromatic rings. The van der Waals surface area contributed by atoms with E-state index < -0.39 is 18.0 Å². The maximum Gasteiger partial charge on any atom is 0.407 e. The molecule has 1 atom stereocenters. The average molecular weight is 492 g/mol. The van der Waals surface area contributed by atoms with Crippen LogP contribution < -0.4 is 10.1 Å². The number of hydrogen-bond acceptors (Lipinski definition) is 5.